The summed E-state index contributed by atoms with van der Waals surface area (Å²) in [5.41, 5.74) is 1.10. The lowest BCUT2D eigenvalue weighted by molar-refractivity contribution is -0.0496. The molecule has 34 heavy (non-hydrogen) atoms. The fourth-order valence-corrected chi connectivity index (χ4v) is 4.58. The lowest BCUT2D eigenvalue weighted by Crippen LogP contribution is -2.16. The minimum absolute atomic E-state index is 0.0238. The first-order chi connectivity index (χ1) is 16.3. The van der Waals surface area contributed by atoms with E-state index in [0.717, 1.165) is 36.8 Å². The Hall–Kier alpha value is -2.96. The molecule has 1 N–H and O–H groups in total. The smallest absolute Gasteiger partial charge is 0.387 e. The zero-order valence-corrected chi connectivity index (χ0v) is 19.3. The number of ether oxygens (including phenoxy) is 3. The van der Waals surface area contributed by atoms with Crippen molar-refractivity contribution < 1.29 is 27.8 Å². The van der Waals surface area contributed by atoms with Crippen LogP contribution in [0.15, 0.2) is 24.5 Å². The number of amides is 1. The van der Waals surface area contributed by atoms with Crippen LogP contribution in [0.2, 0.25) is 5.15 Å². The number of aromatic nitrogens is 4. The number of aryl methyl sites for hydroxylation is 1. The second-order valence-corrected chi connectivity index (χ2v) is 9.35. The Kier molecular flexibility index (Phi) is 6.04. The van der Waals surface area contributed by atoms with Crippen LogP contribution in [0.1, 0.15) is 35.3 Å². The fourth-order valence-electron chi connectivity index (χ4n) is 3.76. The molecule has 3 aromatic heterocycles. The number of carbonyl (C=O) groups is 1. The minimum atomic E-state index is -3.08. The van der Waals surface area contributed by atoms with Crippen molar-refractivity contribution in [2.45, 2.75) is 44.5 Å². The summed E-state index contributed by atoms with van der Waals surface area (Å²) in [6, 6.07) is 2.92. The van der Waals surface area contributed by atoms with Crippen LogP contribution in [0.5, 0.6) is 10.9 Å². The van der Waals surface area contributed by atoms with Gasteiger partial charge in [0, 0.05) is 29.4 Å². The zero-order valence-electron chi connectivity index (χ0n) is 17.8. The van der Waals surface area contributed by atoms with Crippen LogP contribution in [0, 0.1) is 6.92 Å². The van der Waals surface area contributed by atoms with Crippen LogP contribution >= 0.6 is 22.9 Å². The van der Waals surface area contributed by atoms with E-state index in [-0.39, 0.29) is 38.9 Å². The number of hydrogen-bond acceptors (Lipinski definition) is 9. The monoisotopic (exact) mass is 509 g/mol. The molecule has 9 nitrogen and oxygen atoms in total. The quantitative estimate of drug-likeness (QED) is 0.463. The number of halogens is 3. The molecule has 0 unspecified atom stereocenters. The summed E-state index contributed by atoms with van der Waals surface area (Å²) in [5, 5.41) is 11.2. The molecule has 2 aliphatic rings. The van der Waals surface area contributed by atoms with E-state index in [0.29, 0.717) is 23.1 Å². The highest BCUT2D eigenvalue weighted by atomic mass is 35.5. The first-order valence-corrected chi connectivity index (χ1v) is 11.5. The van der Waals surface area contributed by atoms with E-state index in [1.165, 1.54) is 12.3 Å². The van der Waals surface area contributed by atoms with Crippen LogP contribution < -0.4 is 14.8 Å². The van der Waals surface area contributed by atoms with Gasteiger partial charge in [0.25, 0.3) is 11.1 Å². The van der Waals surface area contributed by atoms with Gasteiger partial charge >= 0.3 is 6.61 Å². The van der Waals surface area contributed by atoms with Gasteiger partial charge in [-0.2, -0.15) is 8.78 Å². The van der Waals surface area contributed by atoms with Crippen LogP contribution in [-0.2, 0) is 4.74 Å². The van der Waals surface area contributed by atoms with Gasteiger partial charge < -0.3 is 14.2 Å². The van der Waals surface area contributed by atoms with Gasteiger partial charge in [0.15, 0.2) is 5.75 Å². The van der Waals surface area contributed by atoms with E-state index in [1.807, 2.05) is 0 Å². The van der Waals surface area contributed by atoms with Crippen molar-refractivity contribution in [1.82, 2.24) is 20.2 Å². The van der Waals surface area contributed by atoms with E-state index >= 15 is 0 Å². The van der Waals surface area contributed by atoms with Crippen molar-refractivity contribution in [2.24, 2.45) is 0 Å². The molecule has 4 heterocycles. The number of pyridine rings is 2. The molecule has 1 amide bonds. The maximum Gasteiger partial charge on any atom is 0.387 e. The normalized spacial score (nSPS) is 18.3. The van der Waals surface area contributed by atoms with E-state index in [4.69, 9.17) is 21.1 Å². The highest BCUT2D eigenvalue weighted by Gasteiger charge is 2.51. The molecule has 178 valence electrons. The fraction of sp³-hybridized carbons (Fsp3) is 0.381. The first-order valence-electron chi connectivity index (χ1n) is 10.3. The Morgan fingerprint density at radius 2 is 2.09 bits per heavy atom. The molecule has 1 spiro atoms. The van der Waals surface area contributed by atoms with Crippen molar-refractivity contribution in [3.63, 3.8) is 0 Å². The van der Waals surface area contributed by atoms with Crippen molar-refractivity contribution in [1.29, 1.82) is 0 Å². The van der Waals surface area contributed by atoms with Gasteiger partial charge in [0.2, 0.25) is 5.13 Å². The van der Waals surface area contributed by atoms with E-state index in [9.17, 15) is 13.6 Å². The molecule has 13 heteroatoms. The van der Waals surface area contributed by atoms with Gasteiger partial charge in [-0.15, -0.1) is 5.10 Å². The van der Waals surface area contributed by atoms with Gasteiger partial charge in [-0.05, 0) is 43.2 Å². The lowest BCUT2D eigenvalue weighted by atomic mass is 10.0. The second kappa shape index (κ2) is 9.01. The molecule has 2 fully saturated rings. The topological polar surface area (TPSA) is 108 Å². The van der Waals surface area contributed by atoms with Gasteiger partial charge in [0.05, 0.1) is 24.0 Å². The summed E-state index contributed by atoms with van der Waals surface area (Å²) < 4.78 is 42.0. The summed E-state index contributed by atoms with van der Waals surface area (Å²) in [6.45, 7) is -0.882. The molecular formula is C21H18ClF2N5O4S. The molecule has 5 rings (SSSR count). The molecular weight excluding hydrogens is 492 g/mol. The third-order valence-corrected chi connectivity index (χ3v) is 6.44. The van der Waals surface area contributed by atoms with Gasteiger partial charge in [0.1, 0.15) is 11.3 Å². The van der Waals surface area contributed by atoms with Gasteiger partial charge in [-0.3, -0.25) is 15.1 Å². The minimum Gasteiger partial charge on any atom is -0.463 e. The van der Waals surface area contributed by atoms with Crippen LogP contribution in [0.3, 0.4) is 0 Å². The summed E-state index contributed by atoms with van der Waals surface area (Å²) in [7, 11) is 0. The number of alkyl halides is 2. The number of nitrogens with zero attached hydrogens (tertiary/aromatic N) is 4. The Morgan fingerprint density at radius 3 is 2.82 bits per heavy atom. The Balaban J connectivity index is 1.36. The highest BCUT2D eigenvalue weighted by Crippen LogP contribution is 2.48. The van der Waals surface area contributed by atoms with Crippen molar-refractivity contribution in [2.75, 3.05) is 11.9 Å². The predicted molar refractivity (Wildman–Crippen MR) is 119 cm³/mol. The van der Waals surface area contributed by atoms with E-state index in [2.05, 4.69) is 30.2 Å². The van der Waals surface area contributed by atoms with Crippen molar-refractivity contribution in [3.8, 4) is 22.1 Å². The summed E-state index contributed by atoms with van der Waals surface area (Å²) in [6.07, 6.45) is 5.22. The van der Waals surface area contributed by atoms with Crippen molar-refractivity contribution in [3.05, 3.63) is 40.9 Å². The Labute approximate surface area is 201 Å². The third kappa shape index (κ3) is 4.93. The van der Waals surface area contributed by atoms with Crippen molar-refractivity contribution >= 4 is 34.0 Å². The highest BCUT2D eigenvalue weighted by molar-refractivity contribution is 7.17. The zero-order chi connectivity index (χ0) is 23.9. The predicted octanol–water partition coefficient (Wildman–Crippen LogP) is 4.51. The number of carbonyl (C=O) groups excluding carboxylic acids is 1. The SMILES string of the molecule is Cc1cc(-c2cc(Cl)ncc2OC(F)F)c(C(=O)Nc2nnc(O[C@@H]3COC4(CC4)C3)s2)cn1. The van der Waals surface area contributed by atoms with Crippen LogP contribution in [-0.4, -0.2) is 51.0 Å². The maximum atomic E-state index is 13.1. The third-order valence-electron chi connectivity index (χ3n) is 5.50. The lowest BCUT2D eigenvalue weighted by Gasteiger charge is -2.14. The van der Waals surface area contributed by atoms with Gasteiger partial charge in [-0.1, -0.05) is 16.7 Å². The molecule has 3 aromatic rings. The molecule has 1 saturated carbocycles. The number of rotatable bonds is 7. The Bertz CT molecular complexity index is 1240. The summed E-state index contributed by atoms with van der Waals surface area (Å²) >= 11 is 7.06. The van der Waals surface area contributed by atoms with Crippen LogP contribution in [0.4, 0.5) is 13.9 Å². The standard InChI is InChI=1S/C21H18ClF2N5O4S/c1-10-4-12(13-5-16(22)26-8-15(13)33-18(23)24)14(7-25-10)17(30)27-19-28-29-20(34-19)32-11-6-21(2-3-21)31-9-11/h4-5,7-8,11,18H,2-3,6,9H2,1H3,(H,27,28,30)/t11-/m0/s1. The number of hydrogen-bond donors (Lipinski definition) is 1. The summed E-state index contributed by atoms with van der Waals surface area (Å²) in [4.78, 5) is 21.0. The average molecular weight is 510 g/mol. The van der Waals surface area contributed by atoms with Gasteiger partial charge in [-0.25, -0.2) is 4.98 Å². The van der Waals surface area contributed by atoms with E-state index < -0.39 is 12.5 Å². The Morgan fingerprint density at radius 1 is 1.26 bits per heavy atom. The molecule has 0 aromatic carbocycles. The molecule has 1 atom stereocenters. The first kappa shape index (κ1) is 22.8. The molecule has 1 aliphatic carbocycles. The molecule has 0 radical (unpaired) electrons. The molecule has 0 bridgehead atoms. The van der Waals surface area contributed by atoms with E-state index in [1.54, 1.807) is 13.0 Å². The second-order valence-electron chi connectivity index (χ2n) is 8.02. The number of anilines is 1. The summed E-state index contributed by atoms with van der Waals surface area (Å²) in [5.74, 6) is -0.792. The molecule has 1 aliphatic heterocycles. The molecule has 1 saturated heterocycles. The number of nitrogens with one attached hydrogen (secondary N) is 1. The maximum absolute atomic E-state index is 13.1. The average Bonchev–Trinajstić information content (AvgIpc) is 3.21. The largest absolute Gasteiger partial charge is 0.463 e. The van der Waals surface area contributed by atoms with Crippen LogP contribution in [0.25, 0.3) is 11.1 Å².